The van der Waals surface area contributed by atoms with Crippen molar-refractivity contribution in [3.63, 3.8) is 0 Å². The molecule has 1 heterocycles. The van der Waals surface area contributed by atoms with E-state index in [-0.39, 0.29) is 23.1 Å². The van der Waals surface area contributed by atoms with Gasteiger partial charge in [0.15, 0.2) is 5.82 Å². The highest BCUT2D eigenvalue weighted by molar-refractivity contribution is 6.05. The van der Waals surface area contributed by atoms with Gasteiger partial charge in [0.25, 0.3) is 5.91 Å². The molecule has 1 aromatic heterocycles. The van der Waals surface area contributed by atoms with Crippen LogP contribution in [-0.4, -0.2) is 35.7 Å². The van der Waals surface area contributed by atoms with E-state index in [1.165, 1.54) is 26.2 Å². The van der Waals surface area contributed by atoms with Crippen molar-refractivity contribution in [3.05, 3.63) is 42.0 Å². The summed E-state index contributed by atoms with van der Waals surface area (Å²) < 4.78 is 37.9. The number of benzene rings is 1. The molecule has 0 saturated heterocycles. The number of methoxy groups -OCH3 is 1. The van der Waals surface area contributed by atoms with Crippen molar-refractivity contribution in [2.45, 2.75) is 39.3 Å². The van der Waals surface area contributed by atoms with Crippen LogP contribution >= 0.6 is 0 Å². The number of carbonyl (C=O) groups excluding carboxylic acids is 2. The Hall–Kier alpha value is -3.43. The molecular formula is C20H24F2N4O4. The van der Waals surface area contributed by atoms with Crippen molar-refractivity contribution in [2.75, 3.05) is 17.7 Å². The molecule has 3 N–H and O–H groups in total. The number of hydrogen-bond donors (Lipinski definition) is 2. The van der Waals surface area contributed by atoms with Gasteiger partial charge in [-0.25, -0.2) is 13.6 Å². The number of halogens is 2. The number of rotatable bonds is 5. The number of pyridine rings is 1. The first kappa shape index (κ1) is 22.9. The van der Waals surface area contributed by atoms with Gasteiger partial charge in [-0.2, -0.15) is 4.98 Å². The summed E-state index contributed by atoms with van der Waals surface area (Å²) in [7, 11) is 1.36. The van der Waals surface area contributed by atoms with E-state index < -0.39 is 35.3 Å². The van der Waals surface area contributed by atoms with Gasteiger partial charge < -0.3 is 20.5 Å². The second kappa shape index (κ2) is 8.93. The van der Waals surface area contributed by atoms with Crippen LogP contribution < -0.4 is 20.7 Å². The Labute approximate surface area is 173 Å². The maximum Gasteiger partial charge on any atom is 0.408 e. The Morgan fingerprint density at radius 3 is 2.30 bits per heavy atom. The molecule has 0 aliphatic carbocycles. The molecule has 0 fully saturated rings. The van der Waals surface area contributed by atoms with Crippen LogP contribution in [0.4, 0.5) is 30.8 Å². The van der Waals surface area contributed by atoms with Crippen molar-refractivity contribution < 1.29 is 27.8 Å². The molecule has 2 aromatic rings. The third-order valence-electron chi connectivity index (χ3n) is 3.73. The molecule has 30 heavy (non-hydrogen) atoms. The topological polar surface area (TPSA) is 107 Å². The molecule has 0 bridgehead atoms. The quantitative estimate of drug-likeness (QED) is 0.764. The van der Waals surface area contributed by atoms with E-state index in [9.17, 15) is 18.4 Å². The second-order valence-corrected chi connectivity index (χ2v) is 7.44. The second-order valence-electron chi connectivity index (χ2n) is 7.44. The van der Waals surface area contributed by atoms with Gasteiger partial charge in [0.1, 0.15) is 23.3 Å². The number of nitrogens with zero attached hydrogens (tertiary/aromatic N) is 2. The molecule has 1 aromatic carbocycles. The minimum Gasteiger partial charge on any atom is -0.481 e. The van der Waals surface area contributed by atoms with Crippen molar-refractivity contribution in [2.24, 2.45) is 0 Å². The SMILES string of the molecule is COc1ccc(N)c(N(C(=O)C(C)NC(=O)OC(C)(C)C)c2cc(F)cc(F)c2)n1. The van der Waals surface area contributed by atoms with Gasteiger partial charge in [-0.05, 0) is 45.9 Å². The molecule has 0 aliphatic heterocycles. The maximum atomic E-state index is 13.9. The van der Waals surface area contributed by atoms with Crippen LogP contribution in [0.5, 0.6) is 5.88 Å². The van der Waals surface area contributed by atoms with Crippen LogP contribution in [0, 0.1) is 11.6 Å². The summed E-state index contributed by atoms with van der Waals surface area (Å²) in [5, 5.41) is 2.39. The van der Waals surface area contributed by atoms with Crippen LogP contribution in [-0.2, 0) is 9.53 Å². The Morgan fingerprint density at radius 1 is 1.17 bits per heavy atom. The van der Waals surface area contributed by atoms with Gasteiger partial charge in [0.05, 0.1) is 18.5 Å². The minimum absolute atomic E-state index is 0.0540. The molecule has 1 unspecified atom stereocenters. The van der Waals surface area contributed by atoms with E-state index in [4.69, 9.17) is 15.2 Å². The summed E-state index contributed by atoms with van der Waals surface area (Å²) in [5.74, 6) is -2.55. The number of hydrogen-bond acceptors (Lipinski definition) is 6. The molecule has 162 valence electrons. The number of nitrogen functional groups attached to an aromatic ring is 1. The lowest BCUT2D eigenvalue weighted by Gasteiger charge is -2.27. The minimum atomic E-state index is -1.14. The lowest BCUT2D eigenvalue weighted by Crippen LogP contribution is -2.47. The zero-order valence-corrected chi connectivity index (χ0v) is 17.3. The lowest BCUT2D eigenvalue weighted by atomic mass is 10.2. The predicted octanol–water partition coefficient (Wildman–Crippen LogP) is 3.53. The number of alkyl carbamates (subject to hydrolysis) is 1. The van der Waals surface area contributed by atoms with Crippen LogP contribution in [0.1, 0.15) is 27.7 Å². The van der Waals surface area contributed by atoms with Crippen molar-refractivity contribution in [3.8, 4) is 5.88 Å². The highest BCUT2D eigenvalue weighted by Gasteiger charge is 2.29. The lowest BCUT2D eigenvalue weighted by molar-refractivity contribution is -0.119. The fourth-order valence-corrected chi connectivity index (χ4v) is 2.50. The van der Waals surface area contributed by atoms with Crippen LogP contribution in [0.3, 0.4) is 0 Å². The Bertz CT molecular complexity index is 927. The average Bonchev–Trinajstić information content (AvgIpc) is 2.60. The van der Waals surface area contributed by atoms with Crippen LogP contribution in [0.2, 0.25) is 0 Å². The van der Waals surface area contributed by atoms with Crippen LogP contribution in [0.15, 0.2) is 30.3 Å². The number of nitrogens with two attached hydrogens (primary N) is 1. The fourth-order valence-electron chi connectivity index (χ4n) is 2.50. The van der Waals surface area contributed by atoms with Gasteiger partial charge in [-0.3, -0.25) is 9.69 Å². The maximum absolute atomic E-state index is 13.9. The molecule has 0 spiro atoms. The van der Waals surface area contributed by atoms with Crippen LogP contribution in [0.25, 0.3) is 0 Å². The van der Waals surface area contributed by atoms with E-state index in [0.29, 0.717) is 6.07 Å². The average molecular weight is 422 g/mol. The van der Waals surface area contributed by atoms with Crippen molar-refractivity contribution in [1.29, 1.82) is 0 Å². The predicted molar refractivity (Wildman–Crippen MR) is 108 cm³/mol. The molecule has 1 atom stereocenters. The zero-order chi connectivity index (χ0) is 22.6. The van der Waals surface area contributed by atoms with E-state index >= 15 is 0 Å². The van der Waals surface area contributed by atoms with Gasteiger partial charge in [0, 0.05) is 12.1 Å². The van der Waals surface area contributed by atoms with Crippen molar-refractivity contribution in [1.82, 2.24) is 10.3 Å². The number of carbonyl (C=O) groups is 2. The summed E-state index contributed by atoms with van der Waals surface area (Å²) in [5.41, 5.74) is 5.08. The molecule has 2 amide bonds. The van der Waals surface area contributed by atoms with Gasteiger partial charge >= 0.3 is 6.09 Å². The Balaban J connectivity index is 2.48. The normalized spacial score (nSPS) is 12.1. The molecule has 2 rings (SSSR count). The standard InChI is InChI=1S/C20H24F2N4O4/c1-11(24-19(28)30-20(2,3)4)18(27)26(14-9-12(21)8-13(22)10-14)17-15(23)6-7-16(25-17)29-5/h6-11H,23H2,1-5H3,(H,24,28). The monoisotopic (exact) mass is 422 g/mol. The van der Waals surface area contributed by atoms with E-state index in [2.05, 4.69) is 10.3 Å². The largest absolute Gasteiger partial charge is 0.481 e. The molecule has 8 nitrogen and oxygen atoms in total. The highest BCUT2D eigenvalue weighted by Crippen LogP contribution is 2.32. The third kappa shape index (κ3) is 5.79. The smallest absolute Gasteiger partial charge is 0.408 e. The van der Waals surface area contributed by atoms with E-state index in [1.807, 2.05) is 0 Å². The summed E-state index contributed by atoms with van der Waals surface area (Å²) >= 11 is 0. The first-order chi connectivity index (χ1) is 13.9. The van der Waals surface area contributed by atoms with E-state index in [0.717, 1.165) is 17.0 Å². The zero-order valence-electron chi connectivity index (χ0n) is 17.3. The highest BCUT2D eigenvalue weighted by atomic mass is 19.1. The first-order valence-electron chi connectivity index (χ1n) is 9.01. The molecule has 0 aliphatic rings. The van der Waals surface area contributed by atoms with Crippen molar-refractivity contribution >= 4 is 29.2 Å². The number of aromatic nitrogens is 1. The summed E-state index contributed by atoms with van der Waals surface area (Å²) in [6.07, 6.45) is -0.833. The Morgan fingerprint density at radius 2 is 1.77 bits per heavy atom. The molecule has 0 saturated carbocycles. The first-order valence-corrected chi connectivity index (χ1v) is 9.01. The van der Waals surface area contributed by atoms with Gasteiger partial charge in [0.2, 0.25) is 5.88 Å². The third-order valence-corrected chi connectivity index (χ3v) is 3.73. The van der Waals surface area contributed by atoms with Gasteiger partial charge in [-0.15, -0.1) is 0 Å². The fraction of sp³-hybridized carbons (Fsp3) is 0.350. The summed E-state index contributed by atoms with van der Waals surface area (Å²) in [6, 6.07) is 4.32. The Kier molecular flexibility index (Phi) is 6.81. The number of ether oxygens (including phenoxy) is 2. The number of nitrogens with one attached hydrogen (secondary N) is 1. The molecular weight excluding hydrogens is 398 g/mol. The summed E-state index contributed by atoms with van der Waals surface area (Å²) in [4.78, 5) is 30.3. The summed E-state index contributed by atoms with van der Waals surface area (Å²) in [6.45, 7) is 6.40. The molecule has 10 heteroatoms. The number of anilines is 3. The molecule has 0 radical (unpaired) electrons. The number of amides is 2. The van der Waals surface area contributed by atoms with Gasteiger partial charge in [-0.1, -0.05) is 0 Å². The van der Waals surface area contributed by atoms with E-state index in [1.54, 1.807) is 20.8 Å².